The molecule has 0 aromatic rings. The van der Waals surface area contributed by atoms with Gasteiger partial charge in [0.15, 0.2) is 0 Å². The fourth-order valence-corrected chi connectivity index (χ4v) is 0.826. The maximum atomic E-state index is 8.99. The second kappa shape index (κ2) is 11.1. The van der Waals surface area contributed by atoms with Gasteiger partial charge in [-0.3, -0.25) is 0 Å². The molecule has 0 aliphatic rings. The lowest BCUT2D eigenvalue weighted by Gasteiger charge is -2.29. The lowest BCUT2D eigenvalue weighted by atomic mass is 9.93. The van der Waals surface area contributed by atoms with E-state index in [-0.39, 0.29) is 39.6 Å². The summed E-state index contributed by atoms with van der Waals surface area (Å²) in [6, 6.07) is 0. The van der Waals surface area contributed by atoms with Gasteiger partial charge in [-0.15, -0.1) is 0 Å². The Morgan fingerprint density at radius 3 is 1.18 bits per heavy atom. The molecule has 0 atom stereocenters. The molecule has 5 nitrogen and oxygen atoms in total. The number of ether oxygens (including phenoxy) is 1. The highest BCUT2D eigenvalue weighted by Gasteiger charge is 2.27. The minimum Gasteiger partial charge on any atom is -0.396 e. The topological polar surface area (TPSA) is 90.2 Å². The van der Waals surface area contributed by atoms with Crippen molar-refractivity contribution < 1.29 is 25.2 Å². The van der Waals surface area contributed by atoms with Crippen molar-refractivity contribution >= 4 is 37.2 Å². The van der Waals surface area contributed by atoms with E-state index < -0.39 is 10.8 Å². The predicted octanol–water partition coefficient (Wildman–Crippen LogP) is 0.756. The Balaban J connectivity index is 0. The maximum Gasteiger partial charge on any atom is 0.0564 e. The standard InChI is InChI=1S/C10H22O5.I2/c1-9(3-11,4-12)7-15-8-10(2,5-13)6-14;1-2/h11-14H,3-8H2,1-2H3;. The van der Waals surface area contributed by atoms with E-state index in [1.165, 1.54) is 0 Å². The number of aliphatic hydroxyl groups excluding tert-OH is 4. The monoisotopic (exact) mass is 476 g/mol. The summed E-state index contributed by atoms with van der Waals surface area (Å²) in [4.78, 5) is 0. The maximum absolute atomic E-state index is 8.99. The summed E-state index contributed by atoms with van der Waals surface area (Å²) in [6.07, 6.45) is 0. The number of halogens is 2. The van der Waals surface area contributed by atoms with Crippen molar-refractivity contribution in [2.45, 2.75) is 13.8 Å². The van der Waals surface area contributed by atoms with E-state index in [0.29, 0.717) is 0 Å². The first kappa shape index (κ1) is 20.6. The molecule has 0 saturated heterocycles. The van der Waals surface area contributed by atoms with Crippen LogP contribution in [0.2, 0.25) is 0 Å². The average Bonchev–Trinajstić information content (AvgIpc) is 2.40. The van der Waals surface area contributed by atoms with Crippen molar-refractivity contribution in [2.24, 2.45) is 10.8 Å². The molecule has 106 valence electrons. The third-order valence-corrected chi connectivity index (χ3v) is 2.43. The molecule has 0 aromatic carbocycles. The van der Waals surface area contributed by atoms with Crippen LogP contribution in [0.1, 0.15) is 13.8 Å². The van der Waals surface area contributed by atoms with E-state index in [1.54, 1.807) is 13.8 Å². The van der Waals surface area contributed by atoms with Crippen LogP contribution < -0.4 is 0 Å². The third kappa shape index (κ3) is 8.89. The summed E-state index contributed by atoms with van der Waals surface area (Å²) in [5.41, 5.74) is -1.35. The first-order valence-electron chi connectivity index (χ1n) is 5.11. The number of aliphatic hydroxyl groups is 4. The number of hydrogen-bond acceptors (Lipinski definition) is 5. The van der Waals surface area contributed by atoms with Crippen molar-refractivity contribution in [3.8, 4) is 0 Å². The molecule has 0 rings (SSSR count). The van der Waals surface area contributed by atoms with E-state index in [4.69, 9.17) is 25.2 Å². The zero-order chi connectivity index (χ0) is 13.9. The van der Waals surface area contributed by atoms with Crippen molar-refractivity contribution in [3.05, 3.63) is 0 Å². The van der Waals surface area contributed by atoms with Crippen LogP contribution in [0.5, 0.6) is 0 Å². The molecular weight excluding hydrogens is 454 g/mol. The van der Waals surface area contributed by atoms with Crippen LogP contribution >= 0.6 is 37.2 Å². The molecule has 0 aliphatic heterocycles. The molecule has 0 spiro atoms. The molecule has 0 heterocycles. The van der Waals surface area contributed by atoms with Gasteiger partial charge in [0.05, 0.1) is 39.6 Å². The van der Waals surface area contributed by atoms with Gasteiger partial charge in [0.2, 0.25) is 0 Å². The van der Waals surface area contributed by atoms with Crippen LogP contribution in [0.3, 0.4) is 0 Å². The molecular formula is C10H22I2O5. The van der Waals surface area contributed by atoms with Gasteiger partial charge in [0.1, 0.15) is 0 Å². The Bertz CT molecular complexity index is 154. The van der Waals surface area contributed by atoms with Crippen LogP contribution in [-0.2, 0) is 4.74 Å². The van der Waals surface area contributed by atoms with E-state index in [1.807, 2.05) is 0 Å². The summed E-state index contributed by atoms with van der Waals surface area (Å²) in [7, 11) is 0. The Morgan fingerprint density at radius 2 is 1.00 bits per heavy atom. The number of hydrogen-bond donors (Lipinski definition) is 4. The van der Waals surface area contributed by atoms with Gasteiger partial charge >= 0.3 is 0 Å². The van der Waals surface area contributed by atoms with Crippen molar-refractivity contribution in [1.82, 2.24) is 0 Å². The van der Waals surface area contributed by atoms with Gasteiger partial charge in [-0.05, 0) is 0 Å². The molecule has 0 bridgehead atoms. The minimum absolute atomic E-state index is 0.168. The van der Waals surface area contributed by atoms with E-state index in [9.17, 15) is 0 Å². The molecule has 4 N–H and O–H groups in total. The average molecular weight is 476 g/mol. The van der Waals surface area contributed by atoms with Crippen LogP contribution in [0, 0.1) is 10.8 Å². The van der Waals surface area contributed by atoms with Gasteiger partial charge in [-0.1, -0.05) is 13.8 Å². The molecule has 0 amide bonds. The Kier molecular flexibility index (Phi) is 13.5. The lowest BCUT2D eigenvalue weighted by Crippen LogP contribution is -2.36. The molecule has 7 heteroatoms. The highest BCUT2D eigenvalue weighted by Crippen LogP contribution is 2.19. The molecule has 0 aliphatic carbocycles. The van der Waals surface area contributed by atoms with Gasteiger partial charge in [0, 0.05) is 48.1 Å². The van der Waals surface area contributed by atoms with Crippen LogP contribution in [-0.4, -0.2) is 60.1 Å². The van der Waals surface area contributed by atoms with E-state index in [2.05, 4.69) is 37.2 Å². The summed E-state index contributed by atoms with van der Waals surface area (Å²) in [6.45, 7) is 3.10. The summed E-state index contributed by atoms with van der Waals surface area (Å²) in [5, 5.41) is 36.0. The van der Waals surface area contributed by atoms with Crippen LogP contribution in [0.15, 0.2) is 0 Å². The largest absolute Gasteiger partial charge is 0.396 e. The van der Waals surface area contributed by atoms with Crippen molar-refractivity contribution in [1.29, 1.82) is 0 Å². The zero-order valence-electron chi connectivity index (χ0n) is 10.2. The van der Waals surface area contributed by atoms with Gasteiger partial charge in [-0.25, -0.2) is 0 Å². The normalized spacial score (nSPS) is 12.0. The van der Waals surface area contributed by atoms with Crippen molar-refractivity contribution in [3.63, 3.8) is 0 Å². The summed E-state index contributed by atoms with van der Waals surface area (Å²) >= 11 is 4.24. The Morgan fingerprint density at radius 1 is 0.765 bits per heavy atom. The first-order valence-corrected chi connectivity index (χ1v) is 11.4. The minimum atomic E-state index is -0.675. The fraction of sp³-hybridized carbons (Fsp3) is 1.00. The quantitative estimate of drug-likeness (QED) is 0.389. The van der Waals surface area contributed by atoms with Gasteiger partial charge in [0.25, 0.3) is 0 Å². The smallest absolute Gasteiger partial charge is 0.0564 e. The van der Waals surface area contributed by atoms with Crippen LogP contribution in [0.25, 0.3) is 0 Å². The second-order valence-electron chi connectivity index (χ2n) is 4.75. The van der Waals surface area contributed by atoms with Crippen molar-refractivity contribution in [2.75, 3.05) is 39.6 Å². The van der Waals surface area contributed by atoms with E-state index >= 15 is 0 Å². The summed E-state index contributed by atoms with van der Waals surface area (Å²) in [5.74, 6) is 0. The lowest BCUT2D eigenvalue weighted by molar-refractivity contribution is -0.0638. The molecule has 0 saturated carbocycles. The Labute approximate surface area is 126 Å². The molecule has 0 fully saturated rings. The first-order chi connectivity index (χ1) is 7.95. The van der Waals surface area contributed by atoms with E-state index in [0.717, 1.165) is 0 Å². The van der Waals surface area contributed by atoms with Crippen LogP contribution in [0.4, 0.5) is 0 Å². The molecule has 0 radical (unpaired) electrons. The summed E-state index contributed by atoms with van der Waals surface area (Å²) < 4.78 is 5.29. The second-order valence-corrected chi connectivity index (χ2v) is 4.75. The van der Waals surface area contributed by atoms with Gasteiger partial charge < -0.3 is 25.2 Å². The predicted molar refractivity (Wildman–Crippen MR) is 83.4 cm³/mol. The number of rotatable bonds is 8. The molecule has 0 unspecified atom stereocenters. The fourth-order valence-electron chi connectivity index (χ4n) is 0.826. The Hall–Kier alpha value is 1.26. The highest BCUT2D eigenvalue weighted by atomic mass is 128. The molecule has 0 aromatic heterocycles. The van der Waals surface area contributed by atoms with Gasteiger partial charge in [-0.2, -0.15) is 0 Å². The third-order valence-electron chi connectivity index (χ3n) is 2.43. The SMILES string of the molecule is CC(CO)(CO)COCC(C)(CO)CO.II. The molecule has 17 heavy (non-hydrogen) atoms. The zero-order valence-corrected chi connectivity index (χ0v) is 14.5. The highest BCUT2D eigenvalue weighted by molar-refractivity contribution is 15.0.